The molecule has 3 aromatic heterocycles. The number of nitrogens with zero attached hydrogens (tertiary/aromatic N) is 4. The molecule has 5 rings (SSSR count). The van der Waals surface area contributed by atoms with Crippen molar-refractivity contribution in [2.75, 3.05) is 24.3 Å². The number of anilines is 3. The van der Waals surface area contributed by atoms with E-state index in [0.29, 0.717) is 35.9 Å². The smallest absolute Gasteiger partial charge is 0.328 e. The lowest BCUT2D eigenvalue weighted by Gasteiger charge is -2.36. The van der Waals surface area contributed by atoms with Crippen molar-refractivity contribution in [3.8, 4) is 5.75 Å². The fourth-order valence-corrected chi connectivity index (χ4v) is 3.72. The first-order valence-corrected chi connectivity index (χ1v) is 10.0. The van der Waals surface area contributed by atoms with Crippen LogP contribution in [0.2, 0.25) is 0 Å². The van der Waals surface area contributed by atoms with Crippen LogP contribution in [0.25, 0.3) is 11.2 Å². The van der Waals surface area contributed by atoms with Gasteiger partial charge in [0, 0.05) is 13.1 Å². The van der Waals surface area contributed by atoms with Crippen LogP contribution in [0.4, 0.5) is 22.0 Å². The molecule has 1 aliphatic carbocycles. The highest BCUT2D eigenvalue weighted by atomic mass is 16.5. The molecular weight excluding hydrogens is 386 g/mol. The van der Waals surface area contributed by atoms with Gasteiger partial charge in [-0.15, -0.1) is 0 Å². The molecule has 4 heterocycles. The van der Waals surface area contributed by atoms with Crippen LogP contribution in [0.1, 0.15) is 25.5 Å². The summed E-state index contributed by atoms with van der Waals surface area (Å²) in [4.78, 5) is 26.4. The van der Waals surface area contributed by atoms with Crippen molar-refractivity contribution in [3.05, 3.63) is 30.4 Å². The van der Waals surface area contributed by atoms with Crippen molar-refractivity contribution in [1.29, 1.82) is 0 Å². The van der Waals surface area contributed by atoms with Crippen LogP contribution in [0, 0.1) is 0 Å². The Hall–Kier alpha value is -3.40. The van der Waals surface area contributed by atoms with Crippen LogP contribution in [0.5, 0.6) is 5.75 Å². The van der Waals surface area contributed by atoms with E-state index >= 15 is 0 Å². The minimum Gasteiger partial charge on any atom is -0.490 e. The van der Waals surface area contributed by atoms with E-state index in [9.17, 15) is 4.79 Å². The lowest BCUT2D eigenvalue weighted by molar-refractivity contribution is -0.0335. The highest BCUT2D eigenvalue weighted by Gasteiger charge is 2.34. The van der Waals surface area contributed by atoms with E-state index in [2.05, 4.69) is 30.9 Å². The number of carbonyl (C=O) groups excluding carboxylic acids is 1. The number of carbonyl (C=O) groups is 1. The number of amides is 1. The Labute approximate surface area is 173 Å². The molecule has 0 unspecified atom stereocenters. The van der Waals surface area contributed by atoms with Gasteiger partial charge in [0.05, 0.1) is 48.6 Å². The van der Waals surface area contributed by atoms with E-state index < -0.39 is 0 Å². The van der Waals surface area contributed by atoms with Gasteiger partial charge in [-0.1, -0.05) is 0 Å². The summed E-state index contributed by atoms with van der Waals surface area (Å²) in [5.74, 6) is 1.17. The molecular formula is C20H23N7O3. The van der Waals surface area contributed by atoms with Crippen LogP contribution in [0.15, 0.2) is 24.7 Å². The molecule has 2 atom stereocenters. The van der Waals surface area contributed by atoms with Crippen molar-refractivity contribution in [1.82, 2.24) is 24.8 Å². The maximum absolute atomic E-state index is 12.9. The Morgan fingerprint density at radius 3 is 3.00 bits per heavy atom. The molecule has 0 radical (unpaired) electrons. The summed E-state index contributed by atoms with van der Waals surface area (Å²) in [5.41, 5.74) is 3.35. The zero-order valence-corrected chi connectivity index (χ0v) is 16.8. The molecule has 3 aromatic rings. The molecule has 0 aromatic carbocycles. The normalized spacial score (nSPS) is 20.5. The number of nitrogens with one attached hydrogen (secondary N) is 3. The summed E-state index contributed by atoms with van der Waals surface area (Å²) >= 11 is 0. The SMILES string of the molecule is CCOc1cnc2cc1Nc1cc(NC)c3ncn(c3n1)C(=O)N[C@@H]1CC[C@H]1OC2. The minimum absolute atomic E-state index is 0.0483. The van der Waals surface area contributed by atoms with Gasteiger partial charge in [-0.25, -0.2) is 19.3 Å². The fraction of sp³-hybridized carbons (Fsp3) is 0.400. The minimum atomic E-state index is -0.272. The Bertz CT molecular complexity index is 1110. The average Bonchev–Trinajstić information content (AvgIpc) is 3.16. The molecule has 3 N–H and O–H groups in total. The van der Waals surface area contributed by atoms with Crippen LogP contribution >= 0.6 is 0 Å². The zero-order valence-electron chi connectivity index (χ0n) is 16.8. The van der Waals surface area contributed by atoms with Gasteiger partial charge in [0.2, 0.25) is 0 Å². The van der Waals surface area contributed by atoms with Crippen LogP contribution in [0.3, 0.4) is 0 Å². The van der Waals surface area contributed by atoms with Crippen LogP contribution in [-0.2, 0) is 11.3 Å². The number of fused-ring (bicyclic) bond motifs is 4. The van der Waals surface area contributed by atoms with Gasteiger partial charge >= 0.3 is 6.03 Å². The van der Waals surface area contributed by atoms with Gasteiger partial charge in [-0.2, -0.15) is 0 Å². The largest absolute Gasteiger partial charge is 0.490 e. The second-order valence-electron chi connectivity index (χ2n) is 7.30. The predicted octanol–water partition coefficient (Wildman–Crippen LogP) is 2.63. The van der Waals surface area contributed by atoms with E-state index in [0.717, 1.165) is 29.9 Å². The lowest BCUT2D eigenvalue weighted by Crippen LogP contribution is -2.52. The molecule has 1 fully saturated rings. The third kappa shape index (κ3) is 3.18. The van der Waals surface area contributed by atoms with Crippen molar-refractivity contribution in [2.45, 2.75) is 38.5 Å². The van der Waals surface area contributed by atoms with Crippen molar-refractivity contribution >= 4 is 34.4 Å². The standard InChI is InChI=1S/C20H23N7O3/c1-3-29-16-8-22-11-6-13(16)24-17-7-14(21-2)18-19(26-17)27(10-23-18)20(28)25-12-4-5-15(12)30-9-11/h6-8,10,12,15H,3-5,9H2,1-2H3,(H,25,28)(H2,21,24,26)/t12-,15-/m1/s1. The molecule has 1 aliphatic heterocycles. The molecule has 156 valence electrons. The number of rotatable bonds is 3. The second-order valence-corrected chi connectivity index (χ2v) is 7.30. The number of aromatic nitrogens is 4. The second kappa shape index (κ2) is 7.45. The van der Waals surface area contributed by atoms with E-state index in [1.807, 2.05) is 26.1 Å². The van der Waals surface area contributed by atoms with Gasteiger partial charge in [0.1, 0.15) is 17.7 Å². The van der Waals surface area contributed by atoms with E-state index in [4.69, 9.17) is 9.47 Å². The van der Waals surface area contributed by atoms with Crippen molar-refractivity contribution in [3.63, 3.8) is 0 Å². The number of ether oxygens (including phenoxy) is 2. The number of imidazole rings is 1. The van der Waals surface area contributed by atoms with Gasteiger partial charge in [-0.05, 0) is 25.8 Å². The number of hydrogen-bond acceptors (Lipinski definition) is 8. The van der Waals surface area contributed by atoms with E-state index in [1.54, 1.807) is 6.20 Å². The summed E-state index contributed by atoms with van der Waals surface area (Å²) in [6.07, 6.45) is 4.90. The Kier molecular flexibility index (Phi) is 4.62. The lowest BCUT2D eigenvalue weighted by atomic mass is 9.89. The van der Waals surface area contributed by atoms with E-state index in [1.165, 1.54) is 10.9 Å². The topological polar surface area (TPSA) is 115 Å². The molecule has 10 heteroatoms. The van der Waals surface area contributed by atoms with Crippen molar-refractivity contribution < 1.29 is 14.3 Å². The first kappa shape index (κ1) is 18.6. The summed E-state index contributed by atoms with van der Waals surface area (Å²) < 4.78 is 13.2. The monoisotopic (exact) mass is 409 g/mol. The first-order chi connectivity index (χ1) is 14.7. The van der Waals surface area contributed by atoms with Crippen LogP contribution < -0.4 is 20.7 Å². The molecule has 1 saturated carbocycles. The molecule has 0 spiro atoms. The zero-order chi connectivity index (χ0) is 20.7. The van der Waals surface area contributed by atoms with Crippen LogP contribution in [-0.4, -0.2) is 51.4 Å². The molecule has 30 heavy (non-hydrogen) atoms. The van der Waals surface area contributed by atoms with Gasteiger partial charge in [-0.3, -0.25) is 4.98 Å². The summed E-state index contributed by atoms with van der Waals surface area (Å²) in [7, 11) is 1.81. The molecule has 1 amide bonds. The molecule has 2 aliphatic rings. The highest BCUT2D eigenvalue weighted by molar-refractivity contribution is 5.94. The molecule has 4 bridgehead atoms. The Morgan fingerprint density at radius 2 is 2.23 bits per heavy atom. The van der Waals surface area contributed by atoms with Gasteiger partial charge in [0.25, 0.3) is 0 Å². The molecule has 10 nitrogen and oxygen atoms in total. The summed E-state index contributed by atoms with van der Waals surface area (Å²) in [6.45, 7) is 2.78. The Morgan fingerprint density at radius 1 is 1.33 bits per heavy atom. The predicted molar refractivity (Wildman–Crippen MR) is 111 cm³/mol. The molecule has 0 saturated heterocycles. The summed E-state index contributed by atoms with van der Waals surface area (Å²) in [6, 6.07) is 3.43. The number of pyridine rings is 2. The third-order valence-electron chi connectivity index (χ3n) is 5.44. The number of hydrogen-bond donors (Lipinski definition) is 3. The average molecular weight is 409 g/mol. The fourth-order valence-electron chi connectivity index (χ4n) is 3.72. The Balaban J connectivity index is 1.65. The highest BCUT2D eigenvalue weighted by Crippen LogP contribution is 2.32. The van der Waals surface area contributed by atoms with Crippen molar-refractivity contribution in [2.24, 2.45) is 0 Å². The summed E-state index contributed by atoms with van der Waals surface area (Å²) in [5, 5.41) is 9.47. The first-order valence-electron chi connectivity index (χ1n) is 10.0. The maximum atomic E-state index is 12.9. The third-order valence-corrected chi connectivity index (χ3v) is 5.44. The maximum Gasteiger partial charge on any atom is 0.328 e. The van der Waals surface area contributed by atoms with E-state index in [-0.39, 0.29) is 18.2 Å². The quantitative estimate of drug-likeness (QED) is 0.605. The van der Waals surface area contributed by atoms with Gasteiger partial charge in [0.15, 0.2) is 11.4 Å². The van der Waals surface area contributed by atoms with Gasteiger partial charge < -0.3 is 25.4 Å².